The van der Waals surface area contributed by atoms with Crippen LogP contribution in [0, 0.1) is 6.92 Å². The Balaban J connectivity index is 2.50. The summed E-state index contributed by atoms with van der Waals surface area (Å²) in [6.45, 7) is 4.90. The number of ether oxygens (including phenoxy) is 1. The number of nitrogens with zero attached hydrogens (tertiary/aromatic N) is 1. The molecule has 0 bridgehead atoms. The fourth-order valence-corrected chi connectivity index (χ4v) is 3.75. The minimum absolute atomic E-state index is 0.0254. The Labute approximate surface area is 158 Å². The zero-order valence-electron chi connectivity index (χ0n) is 16.0. The number of sulfone groups is 1. The lowest BCUT2D eigenvalue weighted by atomic mass is 9.99. The Bertz CT molecular complexity index is 989. The fourth-order valence-electron chi connectivity index (χ4n) is 2.84. The Morgan fingerprint density at radius 2 is 2.00 bits per heavy atom. The molecule has 0 aliphatic heterocycles. The van der Waals surface area contributed by atoms with E-state index in [0.717, 1.165) is 6.26 Å². The average molecular weight is 395 g/mol. The molecule has 1 aromatic carbocycles. The van der Waals surface area contributed by atoms with E-state index in [1.807, 2.05) is 0 Å². The van der Waals surface area contributed by atoms with Crippen LogP contribution >= 0.6 is 0 Å². The van der Waals surface area contributed by atoms with Gasteiger partial charge in [0.25, 0.3) is 5.56 Å². The topological polar surface area (TPSA) is 110 Å². The van der Waals surface area contributed by atoms with Crippen molar-refractivity contribution in [2.45, 2.75) is 31.7 Å². The van der Waals surface area contributed by atoms with Gasteiger partial charge in [-0.25, -0.2) is 8.42 Å². The number of aryl methyl sites for hydroxylation is 1. The highest BCUT2D eigenvalue weighted by Crippen LogP contribution is 2.29. The van der Waals surface area contributed by atoms with Crippen molar-refractivity contribution in [1.29, 1.82) is 0 Å². The SMILES string of the molecule is CCn1[nH]cc(C(=O)c2ccc(S(C)(=O)=O)c(NCCCOC)c2C)c1=O. The van der Waals surface area contributed by atoms with Crippen LogP contribution in [0.1, 0.15) is 34.8 Å². The lowest BCUT2D eigenvalue weighted by molar-refractivity contribution is 0.103. The van der Waals surface area contributed by atoms with E-state index in [0.29, 0.717) is 37.4 Å². The van der Waals surface area contributed by atoms with Gasteiger partial charge in [0.1, 0.15) is 5.56 Å². The summed E-state index contributed by atoms with van der Waals surface area (Å²) in [4.78, 5) is 25.3. The van der Waals surface area contributed by atoms with Crippen LogP contribution in [0.4, 0.5) is 5.69 Å². The molecular weight excluding hydrogens is 370 g/mol. The number of hydrogen-bond acceptors (Lipinski definition) is 6. The summed E-state index contributed by atoms with van der Waals surface area (Å²) in [5.41, 5.74) is 0.784. The first kappa shape index (κ1) is 20.9. The van der Waals surface area contributed by atoms with Gasteiger partial charge in [0, 0.05) is 44.8 Å². The molecule has 9 heteroatoms. The van der Waals surface area contributed by atoms with Crippen molar-refractivity contribution >= 4 is 21.3 Å². The molecular formula is C18H25N3O5S. The van der Waals surface area contributed by atoms with Crippen LogP contribution in [0.25, 0.3) is 0 Å². The van der Waals surface area contributed by atoms with Crippen LogP contribution in [-0.2, 0) is 21.1 Å². The van der Waals surface area contributed by atoms with Crippen molar-refractivity contribution in [1.82, 2.24) is 9.78 Å². The predicted molar refractivity (Wildman–Crippen MR) is 103 cm³/mol. The van der Waals surface area contributed by atoms with Gasteiger partial charge in [-0.15, -0.1) is 0 Å². The van der Waals surface area contributed by atoms with Crippen molar-refractivity contribution in [2.75, 3.05) is 31.8 Å². The monoisotopic (exact) mass is 395 g/mol. The zero-order chi connectivity index (χ0) is 20.2. The summed E-state index contributed by atoms with van der Waals surface area (Å²) in [7, 11) is -1.90. The number of hydrogen-bond donors (Lipinski definition) is 2. The molecule has 2 aromatic rings. The molecule has 148 valence electrons. The fraction of sp³-hybridized carbons (Fsp3) is 0.444. The molecule has 0 aliphatic carbocycles. The number of carbonyl (C=O) groups is 1. The number of carbonyl (C=O) groups excluding carboxylic acids is 1. The molecule has 0 radical (unpaired) electrons. The van der Waals surface area contributed by atoms with Crippen molar-refractivity contribution in [3.05, 3.63) is 45.4 Å². The van der Waals surface area contributed by atoms with E-state index < -0.39 is 21.2 Å². The van der Waals surface area contributed by atoms with E-state index in [2.05, 4.69) is 10.4 Å². The van der Waals surface area contributed by atoms with E-state index in [9.17, 15) is 18.0 Å². The number of aromatic amines is 1. The standard InChI is InChI=1S/C18H25N3O5S/c1-5-21-18(23)14(11-20-21)17(22)13-7-8-15(27(4,24)25)16(12(13)2)19-9-6-10-26-3/h7-8,11,19-20H,5-6,9-10H2,1-4H3. The summed E-state index contributed by atoms with van der Waals surface area (Å²) >= 11 is 0. The number of nitrogens with one attached hydrogen (secondary N) is 2. The molecule has 0 aliphatic rings. The quantitative estimate of drug-likeness (QED) is 0.493. The average Bonchev–Trinajstić information content (AvgIpc) is 2.98. The largest absolute Gasteiger partial charge is 0.385 e. The van der Waals surface area contributed by atoms with E-state index in [4.69, 9.17) is 4.74 Å². The van der Waals surface area contributed by atoms with Crippen molar-refractivity contribution < 1.29 is 17.9 Å². The van der Waals surface area contributed by atoms with Gasteiger partial charge in [-0.3, -0.25) is 14.3 Å². The van der Waals surface area contributed by atoms with Gasteiger partial charge < -0.3 is 15.2 Å². The number of H-pyrrole nitrogens is 1. The maximum atomic E-state index is 12.9. The third-order valence-electron chi connectivity index (χ3n) is 4.30. The lowest BCUT2D eigenvalue weighted by Crippen LogP contribution is -2.22. The molecule has 0 saturated heterocycles. The number of rotatable bonds is 9. The van der Waals surface area contributed by atoms with E-state index >= 15 is 0 Å². The Kier molecular flexibility index (Phi) is 6.61. The van der Waals surface area contributed by atoms with Crippen LogP contribution < -0.4 is 10.9 Å². The zero-order valence-corrected chi connectivity index (χ0v) is 16.8. The minimum atomic E-state index is -3.49. The first-order chi connectivity index (χ1) is 12.7. The molecule has 0 spiro atoms. The van der Waals surface area contributed by atoms with Gasteiger partial charge in [0.05, 0.1) is 10.6 Å². The molecule has 2 rings (SSSR count). The second-order valence-corrected chi connectivity index (χ2v) is 8.21. The summed E-state index contributed by atoms with van der Waals surface area (Å²) in [5.74, 6) is -0.444. The number of anilines is 1. The summed E-state index contributed by atoms with van der Waals surface area (Å²) in [6, 6.07) is 2.86. The third-order valence-corrected chi connectivity index (χ3v) is 5.44. The Hall–Kier alpha value is -2.39. The summed E-state index contributed by atoms with van der Waals surface area (Å²) in [6.07, 6.45) is 3.18. The number of benzene rings is 1. The van der Waals surface area contributed by atoms with Crippen LogP contribution in [0.5, 0.6) is 0 Å². The highest BCUT2D eigenvalue weighted by Gasteiger charge is 2.23. The van der Waals surface area contributed by atoms with Gasteiger partial charge in [0.2, 0.25) is 5.78 Å². The van der Waals surface area contributed by atoms with Gasteiger partial charge in [-0.2, -0.15) is 0 Å². The van der Waals surface area contributed by atoms with Gasteiger partial charge in [-0.05, 0) is 38.0 Å². The third kappa shape index (κ3) is 4.48. The van der Waals surface area contributed by atoms with Crippen molar-refractivity contribution in [3.8, 4) is 0 Å². The minimum Gasteiger partial charge on any atom is -0.385 e. The summed E-state index contributed by atoms with van der Waals surface area (Å²) in [5, 5.41) is 5.85. The van der Waals surface area contributed by atoms with E-state index in [1.54, 1.807) is 21.0 Å². The predicted octanol–water partition coefficient (Wildman–Crippen LogP) is 1.59. The second kappa shape index (κ2) is 8.53. The van der Waals surface area contributed by atoms with E-state index in [1.165, 1.54) is 23.0 Å². The normalized spacial score (nSPS) is 11.6. The van der Waals surface area contributed by atoms with Crippen LogP contribution in [0.3, 0.4) is 0 Å². The smallest absolute Gasteiger partial charge is 0.277 e. The molecule has 2 N–H and O–H groups in total. The number of aromatic nitrogens is 2. The van der Waals surface area contributed by atoms with E-state index in [-0.39, 0.29) is 16.0 Å². The van der Waals surface area contributed by atoms with Crippen molar-refractivity contribution in [2.24, 2.45) is 0 Å². The van der Waals surface area contributed by atoms with Crippen LogP contribution in [0.15, 0.2) is 28.0 Å². The molecule has 0 amide bonds. The number of methoxy groups -OCH3 is 1. The molecule has 8 nitrogen and oxygen atoms in total. The lowest BCUT2D eigenvalue weighted by Gasteiger charge is -2.16. The van der Waals surface area contributed by atoms with Gasteiger partial charge >= 0.3 is 0 Å². The Morgan fingerprint density at radius 3 is 2.56 bits per heavy atom. The highest BCUT2D eigenvalue weighted by molar-refractivity contribution is 7.90. The van der Waals surface area contributed by atoms with Crippen LogP contribution in [-0.4, -0.2) is 50.5 Å². The molecule has 0 fully saturated rings. The first-order valence-electron chi connectivity index (χ1n) is 8.61. The first-order valence-corrected chi connectivity index (χ1v) is 10.5. The molecule has 1 heterocycles. The second-order valence-electron chi connectivity index (χ2n) is 6.22. The van der Waals surface area contributed by atoms with Gasteiger partial charge in [-0.1, -0.05) is 0 Å². The van der Waals surface area contributed by atoms with Crippen molar-refractivity contribution in [3.63, 3.8) is 0 Å². The molecule has 27 heavy (non-hydrogen) atoms. The number of ketones is 1. The van der Waals surface area contributed by atoms with Gasteiger partial charge in [0.15, 0.2) is 9.84 Å². The molecule has 0 unspecified atom stereocenters. The molecule has 0 atom stereocenters. The highest BCUT2D eigenvalue weighted by atomic mass is 32.2. The maximum Gasteiger partial charge on any atom is 0.277 e. The molecule has 1 aromatic heterocycles. The Morgan fingerprint density at radius 1 is 1.30 bits per heavy atom. The molecule has 0 saturated carbocycles. The maximum absolute atomic E-state index is 12.9. The summed E-state index contributed by atoms with van der Waals surface area (Å²) < 4.78 is 30.6. The van der Waals surface area contributed by atoms with Crippen LogP contribution in [0.2, 0.25) is 0 Å².